The lowest BCUT2D eigenvalue weighted by Gasteiger charge is -2.23. The van der Waals surface area contributed by atoms with Crippen LogP contribution in [-0.4, -0.2) is 13.3 Å². The van der Waals surface area contributed by atoms with E-state index in [1.165, 1.54) is 17.3 Å². The first-order chi connectivity index (χ1) is 9.35. The van der Waals surface area contributed by atoms with Gasteiger partial charge in [0.05, 0.1) is 6.61 Å². The highest BCUT2D eigenvalue weighted by atomic mass is 16.5. The number of fused-ring (bicyclic) bond motifs is 3. The van der Waals surface area contributed by atoms with E-state index in [2.05, 4.69) is 18.2 Å². The molecule has 3 heteroatoms. The summed E-state index contributed by atoms with van der Waals surface area (Å²) in [6, 6.07) is 12.3. The molecule has 0 atom stereocenters. The number of nitrogens with one attached hydrogen (secondary N) is 1. The van der Waals surface area contributed by atoms with Gasteiger partial charge in [0.15, 0.2) is 0 Å². The van der Waals surface area contributed by atoms with Crippen LogP contribution in [0.15, 0.2) is 36.4 Å². The Morgan fingerprint density at radius 1 is 1.21 bits per heavy atom. The molecule has 0 aromatic heterocycles. The maximum Gasteiger partial charge on any atom is 0.136 e. The Hall–Kier alpha value is -2.13. The fraction of sp³-hybridized carbons (Fsp3) is 0.188. The van der Waals surface area contributed by atoms with Crippen LogP contribution in [-0.2, 0) is 18.0 Å². The van der Waals surface area contributed by atoms with Crippen LogP contribution in [0.2, 0.25) is 0 Å². The van der Waals surface area contributed by atoms with Gasteiger partial charge in [-0.15, -0.1) is 0 Å². The Balaban J connectivity index is 2.20. The number of benzene rings is 2. The van der Waals surface area contributed by atoms with Crippen molar-refractivity contribution in [2.24, 2.45) is 0 Å². The van der Waals surface area contributed by atoms with E-state index >= 15 is 0 Å². The highest BCUT2D eigenvalue weighted by Gasteiger charge is 2.20. The van der Waals surface area contributed by atoms with Gasteiger partial charge in [-0.3, -0.25) is 0 Å². The van der Waals surface area contributed by atoms with Gasteiger partial charge in [-0.25, -0.2) is 0 Å². The Kier molecular flexibility index (Phi) is 3.05. The van der Waals surface area contributed by atoms with Crippen molar-refractivity contribution in [2.45, 2.75) is 13.2 Å². The lowest BCUT2D eigenvalue weighted by molar-refractivity contribution is 0.184. The second-order valence-corrected chi connectivity index (χ2v) is 4.54. The molecule has 1 aliphatic heterocycles. The molecule has 0 amide bonds. The molecule has 3 rings (SSSR count). The summed E-state index contributed by atoms with van der Waals surface area (Å²) in [6.45, 7) is 1.05. The second-order valence-electron chi connectivity index (χ2n) is 4.54. The monoisotopic (exact) mass is 253 g/mol. The summed E-state index contributed by atoms with van der Waals surface area (Å²) in [5, 5.41) is 7.63. The zero-order chi connectivity index (χ0) is 13.2. The van der Waals surface area contributed by atoms with Crippen molar-refractivity contribution in [1.82, 2.24) is 0 Å². The fourth-order valence-corrected chi connectivity index (χ4v) is 2.51. The van der Waals surface area contributed by atoms with Crippen molar-refractivity contribution in [1.29, 1.82) is 5.41 Å². The first kappa shape index (κ1) is 11.9. The molecule has 1 heterocycles. The molecule has 0 aliphatic carbocycles. The van der Waals surface area contributed by atoms with Crippen LogP contribution < -0.4 is 4.74 Å². The molecule has 0 bridgehead atoms. The summed E-state index contributed by atoms with van der Waals surface area (Å²) in [5.74, 6) is 0.795. The molecule has 0 radical (unpaired) electrons. The third-order valence-corrected chi connectivity index (χ3v) is 3.41. The molecule has 3 nitrogen and oxygen atoms in total. The fourth-order valence-electron chi connectivity index (χ4n) is 2.51. The summed E-state index contributed by atoms with van der Waals surface area (Å²) >= 11 is 0. The number of ether oxygens (including phenoxy) is 2. The van der Waals surface area contributed by atoms with E-state index in [9.17, 15) is 0 Å². The third-order valence-electron chi connectivity index (χ3n) is 3.41. The average molecular weight is 253 g/mol. The summed E-state index contributed by atoms with van der Waals surface area (Å²) < 4.78 is 11.0. The zero-order valence-electron chi connectivity index (χ0n) is 10.8. The number of methoxy groups -OCH3 is 1. The first-order valence-corrected chi connectivity index (χ1v) is 6.21. The minimum Gasteiger partial charge on any atom is -0.488 e. The molecule has 1 N–H and O–H groups in total. The minimum absolute atomic E-state index is 0.489. The number of rotatable bonds is 3. The Morgan fingerprint density at radius 2 is 2.05 bits per heavy atom. The average Bonchev–Trinajstić information content (AvgIpc) is 2.47. The van der Waals surface area contributed by atoms with Crippen molar-refractivity contribution >= 4 is 6.21 Å². The van der Waals surface area contributed by atoms with Crippen LogP contribution in [0.25, 0.3) is 11.1 Å². The van der Waals surface area contributed by atoms with Gasteiger partial charge in [-0.05, 0) is 16.7 Å². The van der Waals surface area contributed by atoms with E-state index in [1.807, 2.05) is 18.2 Å². The predicted molar refractivity (Wildman–Crippen MR) is 74.8 cm³/mol. The van der Waals surface area contributed by atoms with Crippen molar-refractivity contribution in [3.8, 4) is 16.9 Å². The van der Waals surface area contributed by atoms with Crippen LogP contribution in [0, 0.1) is 5.41 Å². The number of hydrogen-bond acceptors (Lipinski definition) is 3. The Bertz CT molecular complexity index is 635. The molecular weight excluding hydrogens is 238 g/mol. The van der Waals surface area contributed by atoms with E-state index in [1.54, 1.807) is 7.11 Å². The van der Waals surface area contributed by atoms with E-state index in [0.29, 0.717) is 13.2 Å². The first-order valence-electron chi connectivity index (χ1n) is 6.21. The standard InChI is InChI=1S/C16H15NO2/c1-18-9-12-6-7-14-13-5-3-2-4-11(13)10-19-16(14)15(12)8-17/h2-8,17H,9-10H2,1H3. The van der Waals surface area contributed by atoms with Gasteiger partial charge >= 0.3 is 0 Å². The van der Waals surface area contributed by atoms with E-state index in [0.717, 1.165) is 22.4 Å². The van der Waals surface area contributed by atoms with Crippen molar-refractivity contribution in [3.63, 3.8) is 0 Å². The summed E-state index contributed by atoms with van der Waals surface area (Å²) in [7, 11) is 1.66. The van der Waals surface area contributed by atoms with E-state index in [-0.39, 0.29) is 0 Å². The lowest BCUT2D eigenvalue weighted by Crippen LogP contribution is -2.09. The second kappa shape index (κ2) is 4.86. The maximum atomic E-state index is 7.63. The molecule has 0 fully saturated rings. The normalized spacial score (nSPS) is 12.3. The highest BCUT2D eigenvalue weighted by molar-refractivity contribution is 5.90. The quantitative estimate of drug-likeness (QED) is 0.852. The van der Waals surface area contributed by atoms with Crippen LogP contribution in [0.4, 0.5) is 0 Å². The smallest absolute Gasteiger partial charge is 0.136 e. The molecule has 96 valence electrons. The van der Waals surface area contributed by atoms with Gasteiger partial charge in [0.2, 0.25) is 0 Å². The summed E-state index contributed by atoms with van der Waals surface area (Å²) in [6.07, 6.45) is 1.35. The number of hydrogen-bond donors (Lipinski definition) is 1. The molecule has 2 aromatic rings. The van der Waals surface area contributed by atoms with Gasteiger partial charge in [0.25, 0.3) is 0 Å². The van der Waals surface area contributed by atoms with Gasteiger partial charge < -0.3 is 14.9 Å². The van der Waals surface area contributed by atoms with Crippen LogP contribution in [0.3, 0.4) is 0 Å². The van der Waals surface area contributed by atoms with Gasteiger partial charge in [-0.1, -0.05) is 36.4 Å². The van der Waals surface area contributed by atoms with Gasteiger partial charge in [0.1, 0.15) is 12.4 Å². The Morgan fingerprint density at radius 3 is 2.84 bits per heavy atom. The largest absolute Gasteiger partial charge is 0.488 e. The highest BCUT2D eigenvalue weighted by Crippen LogP contribution is 2.40. The van der Waals surface area contributed by atoms with Crippen LogP contribution in [0.1, 0.15) is 16.7 Å². The predicted octanol–water partition coefficient (Wildman–Crippen LogP) is 3.39. The topological polar surface area (TPSA) is 42.3 Å². The van der Waals surface area contributed by atoms with Crippen LogP contribution in [0.5, 0.6) is 5.75 Å². The van der Waals surface area contributed by atoms with Gasteiger partial charge in [0, 0.05) is 24.5 Å². The van der Waals surface area contributed by atoms with Gasteiger partial charge in [-0.2, -0.15) is 0 Å². The van der Waals surface area contributed by atoms with Crippen molar-refractivity contribution < 1.29 is 9.47 Å². The molecule has 0 saturated heterocycles. The lowest BCUT2D eigenvalue weighted by atomic mass is 9.93. The molecular formula is C16H15NO2. The summed E-state index contributed by atoms with van der Waals surface area (Å²) in [5.41, 5.74) is 5.23. The van der Waals surface area contributed by atoms with Crippen molar-refractivity contribution in [3.05, 3.63) is 53.1 Å². The molecule has 1 aliphatic rings. The summed E-state index contributed by atoms with van der Waals surface area (Å²) in [4.78, 5) is 0. The van der Waals surface area contributed by atoms with Crippen LogP contribution >= 0.6 is 0 Å². The molecule has 19 heavy (non-hydrogen) atoms. The molecule has 2 aromatic carbocycles. The maximum absolute atomic E-state index is 7.63. The Labute approximate surface area is 112 Å². The van der Waals surface area contributed by atoms with Crippen molar-refractivity contribution in [2.75, 3.05) is 7.11 Å². The molecule has 0 spiro atoms. The molecule has 0 saturated carbocycles. The molecule has 0 unspecified atom stereocenters. The SMILES string of the molecule is COCc1ccc2c(c1C=N)OCc1ccccc1-2. The third kappa shape index (κ3) is 1.92. The zero-order valence-corrected chi connectivity index (χ0v) is 10.8. The van der Waals surface area contributed by atoms with E-state index in [4.69, 9.17) is 14.9 Å². The minimum atomic E-state index is 0.489. The van der Waals surface area contributed by atoms with E-state index < -0.39 is 0 Å².